The van der Waals surface area contributed by atoms with Gasteiger partial charge in [-0.1, -0.05) is 0 Å². The van der Waals surface area contributed by atoms with Crippen molar-refractivity contribution in [1.29, 1.82) is 0 Å². The van der Waals surface area contributed by atoms with Crippen LogP contribution in [0.25, 0.3) is 0 Å². The summed E-state index contributed by atoms with van der Waals surface area (Å²) >= 11 is 2.02. The molecular weight excluding hydrogens is 249 g/mol. The molecule has 0 amide bonds. The zero-order valence-corrected chi connectivity index (χ0v) is 11.7. The fourth-order valence-electron chi connectivity index (χ4n) is 2.24. The molecule has 0 saturated carbocycles. The van der Waals surface area contributed by atoms with Gasteiger partial charge in [-0.15, -0.1) is 0 Å². The average molecular weight is 269 g/mol. The van der Waals surface area contributed by atoms with Gasteiger partial charge in [0.2, 0.25) is 0 Å². The molecule has 0 radical (unpaired) electrons. The summed E-state index contributed by atoms with van der Waals surface area (Å²) in [5.41, 5.74) is 0.892. The van der Waals surface area contributed by atoms with E-state index in [0.717, 1.165) is 23.8 Å². The van der Waals surface area contributed by atoms with Crippen molar-refractivity contribution >= 4 is 11.8 Å². The number of ether oxygens (including phenoxy) is 1. The Labute approximate surface area is 112 Å². The number of hydrogen-bond acceptors (Lipinski definition) is 3. The molecule has 2 rings (SSSR count). The highest BCUT2D eigenvalue weighted by Gasteiger charge is 2.18. The lowest BCUT2D eigenvalue weighted by molar-refractivity contribution is 0.395. The molecule has 1 heterocycles. The van der Waals surface area contributed by atoms with Crippen molar-refractivity contribution in [3.8, 4) is 5.75 Å². The van der Waals surface area contributed by atoms with Crippen LogP contribution < -0.4 is 10.1 Å². The van der Waals surface area contributed by atoms with Gasteiger partial charge >= 0.3 is 0 Å². The number of benzene rings is 1. The Balaban J connectivity index is 1.98. The number of hydrogen-bond donors (Lipinski definition) is 1. The summed E-state index contributed by atoms with van der Waals surface area (Å²) in [4.78, 5) is 0. The van der Waals surface area contributed by atoms with Crippen molar-refractivity contribution in [3.63, 3.8) is 0 Å². The van der Waals surface area contributed by atoms with Crippen LogP contribution in [-0.2, 0) is 0 Å². The Kier molecular flexibility index (Phi) is 4.89. The maximum Gasteiger partial charge on any atom is 0.123 e. The molecule has 18 heavy (non-hydrogen) atoms. The molecule has 0 spiro atoms. The van der Waals surface area contributed by atoms with Crippen LogP contribution in [0.2, 0.25) is 0 Å². The van der Waals surface area contributed by atoms with Gasteiger partial charge in [-0.25, -0.2) is 4.39 Å². The van der Waals surface area contributed by atoms with Gasteiger partial charge in [-0.2, -0.15) is 11.8 Å². The highest BCUT2D eigenvalue weighted by molar-refractivity contribution is 7.99. The Morgan fingerprint density at radius 1 is 1.56 bits per heavy atom. The Morgan fingerprint density at radius 2 is 2.39 bits per heavy atom. The molecule has 1 aromatic rings. The molecule has 4 heteroatoms. The summed E-state index contributed by atoms with van der Waals surface area (Å²) in [6, 6.07) is 4.79. The van der Waals surface area contributed by atoms with Gasteiger partial charge in [0.15, 0.2) is 0 Å². The second-order valence-electron chi connectivity index (χ2n) is 4.75. The van der Waals surface area contributed by atoms with E-state index in [1.54, 1.807) is 19.2 Å². The minimum absolute atomic E-state index is 0.112. The third-order valence-electron chi connectivity index (χ3n) is 3.39. The topological polar surface area (TPSA) is 21.3 Å². The van der Waals surface area contributed by atoms with Crippen molar-refractivity contribution in [1.82, 2.24) is 5.32 Å². The van der Waals surface area contributed by atoms with Crippen LogP contribution in [0.1, 0.15) is 24.9 Å². The fourth-order valence-corrected chi connectivity index (χ4v) is 3.53. The van der Waals surface area contributed by atoms with E-state index in [2.05, 4.69) is 12.2 Å². The first-order chi connectivity index (χ1) is 8.70. The largest absolute Gasteiger partial charge is 0.496 e. The maximum atomic E-state index is 13.3. The zero-order valence-electron chi connectivity index (χ0n) is 10.9. The maximum absolute atomic E-state index is 13.3. The first kappa shape index (κ1) is 13.7. The molecule has 1 aliphatic rings. The first-order valence-electron chi connectivity index (χ1n) is 6.35. The highest BCUT2D eigenvalue weighted by atomic mass is 32.2. The lowest BCUT2D eigenvalue weighted by Crippen LogP contribution is -2.26. The van der Waals surface area contributed by atoms with Gasteiger partial charge in [0.05, 0.1) is 7.11 Å². The monoisotopic (exact) mass is 269 g/mol. The summed E-state index contributed by atoms with van der Waals surface area (Å²) in [5, 5.41) is 3.48. The van der Waals surface area contributed by atoms with Gasteiger partial charge in [0.25, 0.3) is 0 Å². The van der Waals surface area contributed by atoms with Crippen molar-refractivity contribution in [3.05, 3.63) is 29.6 Å². The molecule has 2 unspecified atom stereocenters. The summed E-state index contributed by atoms with van der Waals surface area (Å²) in [5.74, 6) is 3.79. The van der Waals surface area contributed by atoms with Crippen molar-refractivity contribution < 1.29 is 9.13 Å². The van der Waals surface area contributed by atoms with E-state index in [1.165, 1.54) is 24.0 Å². The first-order valence-corrected chi connectivity index (χ1v) is 7.50. The van der Waals surface area contributed by atoms with Crippen LogP contribution in [0, 0.1) is 11.7 Å². The quantitative estimate of drug-likeness (QED) is 0.886. The smallest absolute Gasteiger partial charge is 0.123 e. The number of rotatable bonds is 5. The van der Waals surface area contributed by atoms with Crippen molar-refractivity contribution in [2.45, 2.75) is 19.4 Å². The Morgan fingerprint density at radius 3 is 3.06 bits per heavy atom. The third kappa shape index (κ3) is 3.39. The molecule has 1 aromatic carbocycles. The van der Waals surface area contributed by atoms with Crippen LogP contribution >= 0.6 is 11.8 Å². The summed E-state index contributed by atoms with van der Waals surface area (Å²) in [6.45, 7) is 3.05. The summed E-state index contributed by atoms with van der Waals surface area (Å²) in [6.07, 6.45) is 1.28. The van der Waals surface area contributed by atoms with Crippen LogP contribution in [0.5, 0.6) is 5.75 Å². The second kappa shape index (κ2) is 6.43. The highest BCUT2D eigenvalue weighted by Crippen LogP contribution is 2.27. The predicted octanol–water partition coefficient (Wildman–Crippen LogP) is 3.24. The van der Waals surface area contributed by atoms with E-state index >= 15 is 0 Å². The number of nitrogens with one attached hydrogen (secondary N) is 1. The molecule has 1 aliphatic heterocycles. The molecule has 2 atom stereocenters. The summed E-state index contributed by atoms with van der Waals surface area (Å²) in [7, 11) is 1.62. The summed E-state index contributed by atoms with van der Waals surface area (Å²) < 4.78 is 18.6. The van der Waals surface area contributed by atoms with Gasteiger partial charge < -0.3 is 10.1 Å². The SMILES string of the molecule is COc1ccc(F)cc1C(C)NCC1CCSC1. The second-order valence-corrected chi connectivity index (χ2v) is 5.90. The Hall–Kier alpha value is -0.740. The molecule has 2 nitrogen and oxygen atoms in total. The lowest BCUT2D eigenvalue weighted by atomic mass is 10.0. The predicted molar refractivity (Wildman–Crippen MR) is 74.8 cm³/mol. The molecule has 1 saturated heterocycles. The van der Waals surface area contributed by atoms with Gasteiger partial charge in [-0.3, -0.25) is 0 Å². The van der Waals surface area contributed by atoms with Gasteiger partial charge in [0, 0.05) is 11.6 Å². The van der Waals surface area contributed by atoms with E-state index < -0.39 is 0 Å². The molecule has 1 N–H and O–H groups in total. The standard InChI is InChI=1S/C14H20FNOS/c1-10(16-8-11-5-6-18-9-11)13-7-12(15)3-4-14(13)17-2/h3-4,7,10-11,16H,5-6,8-9H2,1-2H3. The van der Waals surface area contributed by atoms with E-state index in [-0.39, 0.29) is 11.9 Å². The number of halogens is 1. The van der Waals surface area contributed by atoms with Crippen molar-refractivity contribution in [2.24, 2.45) is 5.92 Å². The third-order valence-corrected chi connectivity index (χ3v) is 4.63. The molecule has 100 valence electrons. The lowest BCUT2D eigenvalue weighted by Gasteiger charge is -2.19. The van der Waals surface area contributed by atoms with Crippen LogP contribution in [0.4, 0.5) is 4.39 Å². The average Bonchev–Trinajstić information content (AvgIpc) is 2.89. The minimum Gasteiger partial charge on any atom is -0.496 e. The van der Waals surface area contributed by atoms with Crippen LogP contribution in [0.3, 0.4) is 0 Å². The molecule has 0 aromatic heterocycles. The molecule has 0 bridgehead atoms. The van der Waals surface area contributed by atoms with Gasteiger partial charge in [0.1, 0.15) is 11.6 Å². The van der Waals surface area contributed by atoms with E-state index in [0.29, 0.717) is 0 Å². The van der Waals surface area contributed by atoms with E-state index in [9.17, 15) is 4.39 Å². The Bertz CT molecular complexity index is 393. The zero-order chi connectivity index (χ0) is 13.0. The number of methoxy groups -OCH3 is 1. The minimum atomic E-state index is -0.212. The fraction of sp³-hybridized carbons (Fsp3) is 0.571. The molecular formula is C14H20FNOS. The van der Waals surface area contributed by atoms with Crippen LogP contribution in [0.15, 0.2) is 18.2 Å². The molecule has 1 fully saturated rings. The number of thioether (sulfide) groups is 1. The van der Waals surface area contributed by atoms with Crippen molar-refractivity contribution in [2.75, 3.05) is 25.2 Å². The normalized spacial score (nSPS) is 20.9. The van der Waals surface area contributed by atoms with E-state index in [4.69, 9.17) is 4.74 Å². The van der Waals surface area contributed by atoms with Gasteiger partial charge in [-0.05, 0) is 55.5 Å². The van der Waals surface area contributed by atoms with E-state index in [1.807, 2.05) is 11.8 Å². The van der Waals surface area contributed by atoms with Crippen LogP contribution in [-0.4, -0.2) is 25.2 Å². The molecule has 0 aliphatic carbocycles.